The van der Waals surface area contributed by atoms with Crippen LogP contribution < -0.4 is 5.32 Å². The van der Waals surface area contributed by atoms with Crippen molar-refractivity contribution in [2.75, 3.05) is 6.54 Å². The Morgan fingerprint density at radius 2 is 2.00 bits per heavy atom. The second-order valence-corrected chi connectivity index (χ2v) is 5.71. The number of hydrogen-bond acceptors (Lipinski definition) is 2. The molecule has 0 fully saturated rings. The van der Waals surface area contributed by atoms with Crippen molar-refractivity contribution in [2.24, 2.45) is 0 Å². The fourth-order valence-electron chi connectivity index (χ4n) is 2.42. The minimum atomic E-state index is -0.610. The monoisotopic (exact) mass is 249 g/mol. The summed E-state index contributed by atoms with van der Waals surface area (Å²) in [6.45, 7) is 11.0. The minimum absolute atomic E-state index is 0.272. The Hall–Kier alpha value is -0.860. The fraction of sp³-hybridized carbons (Fsp3) is 0.625. The van der Waals surface area contributed by atoms with Crippen molar-refractivity contribution < 1.29 is 5.11 Å². The minimum Gasteiger partial charge on any atom is -0.389 e. The van der Waals surface area contributed by atoms with Crippen LogP contribution in [-0.2, 0) is 0 Å². The molecule has 2 nitrogen and oxygen atoms in total. The topological polar surface area (TPSA) is 32.3 Å². The Morgan fingerprint density at radius 3 is 2.56 bits per heavy atom. The van der Waals surface area contributed by atoms with Gasteiger partial charge >= 0.3 is 0 Å². The van der Waals surface area contributed by atoms with E-state index in [1.165, 1.54) is 16.7 Å². The first-order valence-electron chi connectivity index (χ1n) is 6.88. The van der Waals surface area contributed by atoms with E-state index in [9.17, 15) is 5.11 Å². The van der Waals surface area contributed by atoms with E-state index in [4.69, 9.17) is 0 Å². The van der Waals surface area contributed by atoms with Gasteiger partial charge in [0, 0.05) is 12.6 Å². The molecular weight excluding hydrogens is 222 g/mol. The van der Waals surface area contributed by atoms with Crippen LogP contribution in [0, 0.1) is 13.8 Å². The van der Waals surface area contributed by atoms with Gasteiger partial charge in [-0.2, -0.15) is 0 Å². The van der Waals surface area contributed by atoms with Crippen LogP contribution in [0.25, 0.3) is 0 Å². The maximum Gasteiger partial charge on any atom is 0.0743 e. The van der Waals surface area contributed by atoms with Gasteiger partial charge in [0.2, 0.25) is 0 Å². The Labute approximate surface area is 111 Å². The predicted molar refractivity (Wildman–Crippen MR) is 77.9 cm³/mol. The van der Waals surface area contributed by atoms with Crippen molar-refractivity contribution >= 4 is 0 Å². The first-order chi connectivity index (χ1) is 8.35. The average Bonchev–Trinajstić information content (AvgIpc) is 2.26. The second-order valence-electron chi connectivity index (χ2n) is 5.71. The quantitative estimate of drug-likeness (QED) is 0.808. The Bertz CT molecular complexity index is 385. The molecule has 0 aromatic heterocycles. The molecule has 1 aromatic carbocycles. The van der Waals surface area contributed by atoms with E-state index in [0.29, 0.717) is 6.54 Å². The lowest BCUT2D eigenvalue weighted by Crippen LogP contribution is -2.38. The van der Waals surface area contributed by atoms with Gasteiger partial charge in [-0.3, -0.25) is 0 Å². The summed E-state index contributed by atoms with van der Waals surface area (Å²) in [6, 6.07) is 6.80. The molecule has 0 saturated heterocycles. The summed E-state index contributed by atoms with van der Waals surface area (Å²) >= 11 is 0. The number of nitrogens with one attached hydrogen (secondary N) is 1. The molecule has 0 aliphatic carbocycles. The molecule has 0 heterocycles. The van der Waals surface area contributed by atoms with E-state index >= 15 is 0 Å². The fourth-order valence-corrected chi connectivity index (χ4v) is 2.42. The van der Waals surface area contributed by atoms with Crippen LogP contribution in [0.4, 0.5) is 0 Å². The van der Waals surface area contributed by atoms with Crippen LogP contribution in [0.1, 0.15) is 56.3 Å². The molecule has 2 heteroatoms. The zero-order valence-electron chi connectivity index (χ0n) is 12.4. The third-order valence-electron chi connectivity index (χ3n) is 3.47. The van der Waals surface area contributed by atoms with Gasteiger partial charge < -0.3 is 10.4 Å². The van der Waals surface area contributed by atoms with Crippen LogP contribution in [-0.4, -0.2) is 17.3 Å². The molecule has 0 aliphatic heterocycles. The van der Waals surface area contributed by atoms with Crippen LogP contribution in [0.15, 0.2) is 18.2 Å². The zero-order chi connectivity index (χ0) is 13.8. The van der Waals surface area contributed by atoms with Crippen LogP contribution >= 0.6 is 0 Å². The van der Waals surface area contributed by atoms with Crippen LogP contribution in [0.5, 0.6) is 0 Å². The summed E-state index contributed by atoms with van der Waals surface area (Å²) < 4.78 is 0. The summed E-state index contributed by atoms with van der Waals surface area (Å²) in [4.78, 5) is 0. The highest BCUT2D eigenvalue weighted by atomic mass is 16.3. The number of aryl methyl sites for hydroxylation is 2. The standard InChI is InChI=1S/C16H27NO/c1-6-9-16(5,18)11-17-14(4)15-8-7-12(2)10-13(15)3/h7-8,10,14,17-18H,6,9,11H2,1-5H3. The molecule has 2 unspecified atom stereocenters. The van der Waals surface area contributed by atoms with Gasteiger partial charge in [-0.25, -0.2) is 0 Å². The third kappa shape index (κ3) is 4.43. The number of hydrogen-bond donors (Lipinski definition) is 2. The normalized spacial score (nSPS) is 16.3. The van der Waals surface area contributed by atoms with Crippen molar-refractivity contribution in [3.05, 3.63) is 34.9 Å². The molecule has 0 radical (unpaired) electrons. The van der Waals surface area contributed by atoms with E-state index < -0.39 is 5.60 Å². The molecule has 2 atom stereocenters. The summed E-state index contributed by atoms with van der Waals surface area (Å²) in [7, 11) is 0. The van der Waals surface area contributed by atoms with E-state index in [1.54, 1.807) is 0 Å². The number of rotatable bonds is 6. The smallest absolute Gasteiger partial charge is 0.0743 e. The molecule has 0 aliphatic rings. The molecule has 18 heavy (non-hydrogen) atoms. The van der Waals surface area contributed by atoms with Crippen molar-refractivity contribution in [1.82, 2.24) is 5.32 Å². The maximum absolute atomic E-state index is 10.2. The van der Waals surface area contributed by atoms with Gasteiger partial charge in [-0.1, -0.05) is 37.1 Å². The number of benzene rings is 1. The zero-order valence-corrected chi connectivity index (χ0v) is 12.4. The molecule has 2 N–H and O–H groups in total. The van der Waals surface area contributed by atoms with Gasteiger partial charge in [0.25, 0.3) is 0 Å². The number of aliphatic hydroxyl groups is 1. The molecular formula is C16H27NO. The highest BCUT2D eigenvalue weighted by Gasteiger charge is 2.20. The molecule has 1 aromatic rings. The molecule has 0 spiro atoms. The summed E-state index contributed by atoms with van der Waals surface area (Å²) in [5.74, 6) is 0. The van der Waals surface area contributed by atoms with Gasteiger partial charge in [0.15, 0.2) is 0 Å². The van der Waals surface area contributed by atoms with Crippen molar-refractivity contribution in [3.63, 3.8) is 0 Å². The Balaban J connectivity index is 2.63. The van der Waals surface area contributed by atoms with E-state index in [-0.39, 0.29) is 6.04 Å². The van der Waals surface area contributed by atoms with Gasteiger partial charge in [0.1, 0.15) is 0 Å². The predicted octanol–water partition coefficient (Wildman–Crippen LogP) is 3.51. The van der Waals surface area contributed by atoms with Gasteiger partial charge in [-0.05, 0) is 45.2 Å². The molecule has 0 saturated carbocycles. The second kappa shape index (κ2) is 6.35. The average molecular weight is 249 g/mol. The molecule has 1 rings (SSSR count). The first-order valence-corrected chi connectivity index (χ1v) is 6.88. The molecule has 0 amide bonds. The van der Waals surface area contributed by atoms with Crippen molar-refractivity contribution in [3.8, 4) is 0 Å². The van der Waals surface area contributed by atoms with E-state index in [2.05, 4.69) is 51.2 Å². The Kier molecular flexibility index (Phi) is 5.36. The lowest BCUT2D eigenvalue weighted by Gasteiger charge is -2.26. The highest BCUT2D eigenvalue weighted by molar-refractivity contribution is 5.32. The lowest BCUT2D eigenvalue weighted by atomic mass is 9.97. The van der Waals surface area contributed by atoms with Gasteiger partial charge in [-0.15, -0.1) is 0 Å². The first kappa shape index (κ1) is 15.2. The third-order valence-corrected chi connectivity index (χ3v) is 3.47. The highest BCUT2D eigenvalue weighted by Crippen LogP contribution is 2.20. The SMILES string of the molecule is CCCC(C)(O)CNC(C)c1ccc(C)cc1C. The van der Waals surface area contributed by atoms with Crippen molar-refractivity contribution in [2.45, 2.75) is 59.1 Å². The van der Waals surface area contributed by atoms with Crippen LogP contribution in [0.2, 0.25) is 0 Å². The van der Waals surface area contributed by atoms with Crippen LogP contribution in [0.3, 0.4) is 0 Å². The van der Waals surface area contributed by atoms with E-state index in [1.807, 2.05) is 6.92 Å². The Morgan fingerprint density at radius 1 is 1.33 bits per heavy atom. The van der Waals surface area contributed by atoms with E-state index in [0.717, 1.165) is 12.8 Å². The van der Waals surface area contributed by atoms with Crippen molar-refractivity contribution in [1.29, 1.82) is 0 Å². The largest absolute Gasteiger partial charge is 0.389 e. The summed E-state index contributed by atoms with van der Waals surface area (Å²) in [5, 5.41) is 13.6. The summed E-state index contributed by atoms with van der Waals surface area (Å²) in [6.07, 6.45) is 1.84. The molecule has 102 valence electrons. The maximum atomic E-state index is 10.2. The van der Waals surface area contributed by atoms with Gasteiger partial charge in [0.05, 0.1) is 5.60 Å². The summed E-state index contributed by atoms with van der Waals surface area (Å²) in [5.41, 5.74) is 3.31. The lowest BCUT2D eigenvalue weighted by molar-refractivity contribution is 0.0476. The molecule has 0 bridgehead atoms.